The van der Waals surface area contributed by atoms with Gasteiger partial charge in [-0.25, -0.2) is 9.37 Å². The van der Waals surface area contributed by atoms with Gasteiger partial charge in [-0.3, -0.25) is 4.79 Å². The van der Waals surface area contributed by atoms with Gasteiger partial charge in [0.05, 0.1) is 35.4 Å². The molecule has 1 aromatic heterocycles. The first-order valence-electron chi connectivity index (χ1n) is 10.5. The maximum absolute atomic E-state index is 14.1. The summed E-state index contributed by atoms with van der Waals surface area (Å²) in [6.07, 6.45) is 2.67. The van der Waals surface area contributed by atoms with Crippen molar-refractivity contribution in [3.05, 3.63) is 57.1 Å². The van der Waals surface area contributed by atoms with Gasteiger partial charge in [0, 0.05) is 16.0 Å². The molecule has 0 aliphatic heterocycles. The molecule has 2 aromatic carbocycles. The van der Waals surface area contributed by atoms with Gasteiger partial charge < -0.3 is 9.47 Å². The number of unbranched alkanes of at least 4 members (excludes halogenated alkanes) is 1. The molecule has 0 aliphatic rings. The van der Waals surface area contributed by atoms with Crippen LogP contribution in [0.15, 0.2) is 36.4 Å². The molecule has 8 heteroatoms. The van der Waals surface area contributed by atoms with Crippen LogP contribution in [0.25, 0.3) is 21.8 Å². The van der Waals surface area contributed by atoms with Crippen LogP contribution in [0.1, 0.15) is 38.0 Å². The zero-order valence-electron chi connectivity index (χ0n) is 17.9. The van der Waals surface area contributed by atoms with Gasteiger partial charge in [0.15, 0.2) is 0 Å². The van der Waals surface area contributed by atoms with Crippen molar-refractivity contribution in [3.63, 3.8) is 0 Å². The highest BCUT2D eigenvalue weighted by molar-refractivity contribution is 7.15. The van der Waals surface area contributed by atoms with E-state index in [9.17, 15) is 9.18 Å². The molecule has 0 aliphatic carbocycles. The van der Waals surface area contributed by atoms with Gasteiger partial charge >= 0.3 is 5.97 Å². The highest BCUT2D eigenvalue weighted by Crippen LogP contribution is 2.38. The molecule has 32 heavy (non-hydrogen) atoms. The number of esters is 1. The van der Waals surface area contributed by atoms with Gasteiger partial charge in [-0.15, -0.1) is 11.3 Å². The predicted molar refractivity (Wildman–Crippen MR) is 128 cm³/mol. The fourth-order valence-electron chi connectivity index (χ4n) is 2.94. The van der Waals surface area contributed by atoms with E-state index >= 15 is 0 Å². The van der Waals surface area contributed by atoms with Crippen LogP contribution in [0.3, 0.4) is 0 Å². The first-order chi connectivity index (χ1) is 15.4. The number of carbonyl (C=O) groups is 1. The molecule has 0 radical (unpaired) electrons. The Bertz CT molecular complexity index is 1090. The second-order valence-electron chi connectivity index (χ2n) is 7.16. The monoisotopic (exact) mass is 495 g/mol. The standard InChI is InChI=1S/C24H24Cl2FNO3S/c1-3-5-11-31-22(29)14-21-23(15-6-8-17(25)19(27)13-15)28-24(32-21)16-7-9-20(18(26)12-16)30-10-4-2/h6-9,12-13H,3-5,10-11,14H2,1-2H3. The Balaban J connectivity index is 1.95. The predicted octanol–water partition coefficient (Wildman–Crippen LogP) is 7.60. The smallest absolute Gasteiger partial charge is 0.311 e. The Morgan fingerprint density at radius 2 is 1.81 bits per heavy atom. The molecule has 0 fully saturated rings. The van der Waals surface area contributed by atoms with Crippen molar-refractivity contribution < 1.29 is 18.7 Å². The Morgan fingerprint density at radius 3 is 2.50 bits per heavy atom. The third-order valence-corrected chi connectivity index (χ3v) is 6.30. The molecule has 0 saturated carbocycles. The minimum Gasteiger partial charge on any atom is -0.492 e. The summed E-state index contributed by atoms with van der Waals surface area (Å²) >= 11 is 13.6. The molecular formula is C24H24Cl2FNO3S. The number of thiazole rings is 1. The number of carbonyl (C=O) groups excluding carboxylic acids is 1. The van der Waals surface area contributed by atoms with Crippen molar-refractivity contribution in [1.82, 2.24) is 4.98 Å². The van der Waals surface area contributed by atoms with Gasteiger partial charge in [0.2, 0.25) is 0 Å². The number of aromatic nitrogens is 1. The largest absolute Gasteiger partial charge is 0.492 e. The Morgan fingerprint density at radius 1 is 1.03 bits per heavy atom. The van der Waals surface area contributed by atoms with Gasteiger partial charge in [-0.1, -0.05) is 49.5 Å². The molecule has 0 N–H and O–H groups in total. The van der Waals surface area contributed by atoms with Crippen molar-refractivity contribution >= 4 is 40.5 Å². The SMILES string of the molecule is CCCCOC(=O)Cc1sc(-c2ccc(OCCC)c(Cl)c2)nc1-c1ccc(Cl)c(F)c1. The molecule has 170 valence electrons. The van der Waals surface area contributed by atoms with Crippen LogP contribution < -0.4 is 4.74 Å². The van der Waals surface area contributed by atoms with E-state index in [-0.39, 0.29) is 17.4 Å². The van der Waals surface area contributed by atoms with Crippen LogP contribution in [-0.2, 0) is 16.0 Å². The van der Waals surface area contributed by atoms with E-state index in [1.807, 2.05) is 19.9 Å². The number of nitrogens with zero attached hydrogens (tertiary/aromatic N) is 1. The molecule has 0 spiro atoms. The van der Waals surface area contributed by atoms with Crippen LogP contribution in [0.5, 0.6) is 5.75 Å². The average molecular weight is 496 g/mol. The number of rotatable bonds is 10. The summed E-state index contributed by atoms with van der Waals surface area (Å²) in [5, 5.41) is 1.17. The summed E-state index contributed by atoms with van der Waals surface area (Å²) in [7, 11) is 0. The molecule has 3 aromatic rings. The molecule has 0 bridgehead atoms. The molecule has 0 saturated heterocycles. The number of hydrogen-bond acceptors (Lipinski definition) is 5. The van der Waals surface area contributed by atoms with Crippen LogP contribution in [0, 0.1) is 5.82 Å². The quantitative estimate of drug-likeness (QED) is 0.214. The normalized spacial score (nSPS) is 10.9. The molecule has 4 nitrogen and oxygen atoms in total. The second-order valence-corrected chi connectivity index (χ2v) is 9.06. The van der Waals surface area contributed by atoms with E-state index < -0.39 is 5.82 Å². The molecule has 0 atom stereocenters. The van der Waals surface area contributed by atoms with Crippen molar-refractivity contribution in [2.45, 2.75) is 39.5 Å². The van der Waals surface area contributed by atoms with Crippen molar-refractivity contribution in [2.24, 2.45) is 0 Å². The number of hydrogen-bond donors (Lipinski definition) is 0. The average Bonchev–Trinajstić information content (AvgIpc) is 3.18. The highest BCUT2D eigenvalue weighted by atomic mass is 35.5. The summed E-state index contributed by atoms with van der Waals surface area (Å²) in [4.78, 5) is 17.8. The minimum atomic E-state index is -0.546. The van der Waals surface area contributed by atoms with E-state index in [0.717, 1.165) is 24.8 Å². The lowest BCUT2D eigenvalue weighted by molar-refractivity contribution is -0.142. The van der Waals surface area contributed by atoms with Crippen LogP contribution >= 0.6 is 34.5 Å². The number of ether oxygens (including phenoxy) is 2. The van der Waals surface area contributed by atoms with E-state index in [1.54, 1.807) is 18.2 Å². The van der Waals surface area contributed by atoms with Crippen LogP contribution in [0.4, 0.5) is 4.39 Å². The lowest BCUT2D eigenvalue weighted by Crippen LogP contribution is -2.08. The Labute approximate surface area is 201 Å². The third-order valence-electron chi connectivity index (χ3n) is 4.60. The van der Waals surface area contributed by atoms with Gasteiger partial charge in [-0.05, 0) is 43.2 Å². The molecule has 1 heterocycles. The molecular weight excluding hydrogens is 472 g/mol. The first-order valence-corrected chi connectivity index (χ1v) is 12.0. The van der Waals surface area contributed by atoms with Crippen LogP contribution in [-0.4, -0.2) is 24.2 Å². The van der Waals surface area contributed by atoms with Crippen molar-refractivity contribution in [2.75, 3.05) is 13.2 Å². The second kappa shape index (κ2) is 11.6. The minimum absolute atomic E-state index is 0.0270. The fraction of sp³-hybridized carbons (Fsp3) is 0.333. The zero-order chi connectivity index (χ0) is 23.1. The lowest BCUT2D eigenvalue weighted by Gasteiger charge is -2.07. The third kappa shape index (κ3) is 6.21. The Kier molecular flexibility index (Phi) is 8.91. The first kappa shape index (κ1) is 24.5. The zero-order valence-corrected chi connectivity index (χ0v) is 20.2. The summed E-state index contributed by atoms with van der Waals surface area (Å²) < 4.78 is 25.1. The maximum atomic E-state index is 14.1. The van der Waals surface area contributed by atoms with Crippen molar-refractivity contribution in [3.8, 4) is 27.6 Å². The van der Waals surface area contributed by atoms with Crippen molar-refractivity contribution in [1.29, 1.82) is 0 Å². The maximum Gasteiger partial charge on any atom is 0.311 e. The van der Waals surface area contributed by atoms with Gasteiger partial charge in [-0.2, -0.15) is 0 Å². The molecule has 0 unspecified atom stereocenters. The summed E-state index contributed by atoms with van der Waals surface area (Å²) in [5.74, 6) is -0.283. The van der Waals surface area contributed by atoms with E-state index in [1.165, 1.54) is 23.5 Å². The van der Waals surface area contributed by atoms with Gasteiger partial charge in [0.1, 0.15) is 16.6 Å². The van der Waals surface area contributed by atoms with E-state index in [4.69, 9.17) is 37.7 Å². The number of benzene rings is 2. The summed E-state index contributed by atoms with van der Waals surface area (Å²) in [6, 6.07) is 9.93. The summed E-state index contributed by atoms with van der Waals surface area (Å²) in [6.45, 7) is 5.00. The van der Waals surface area contributed by atoms with Crippen LogP contribution in [0.2, 0.25) is 10.0 Å². The highest BCUT2D eigenvalue weighted by Gasteiger charge is 2.19. The Hall–Kier alpha value is -2.15. The topological polar surface area (TPSA) is 48.4 Å². The van der Waals surface area contributed by atoms with E-state index in [0.29, 0.717) is 45.1 Å². The fourth-order valence-corrected chi connectivity index (χ4v) is 4.36. The lowest BCUT2D eigenvalue weighted by atomic mass is 10.1. The molecule has 3 rings (SSSR count). The van der Waals surface area contributed by atoms with E-state index in [2.05, 4.69) is 0 Å². The summed E-state index contributed by atoms with van der Waals surface area (Å²) in [5.41, 5.74) is 1.85. The van der Waals surface area contributed by atoms with Gasteiger partial charge in [0.25, 0.3) is 0 Å². The number of halogens is 3. The molecule has 0 amide bonds.